The number of oxime groups is 1. The van der Waals surface area contributed by atoms with Crippen LogP contribution in [0.1, 0.15) is 32.3 Å². The Balaban J connectivity index is 1.80. The van der Waals surface area contributed by atoms with E-state index in [4.69, 9.17) is 4.84 Å². The highest BCUT2D eigenvalue weighted by Crippen LogP contribution is 2.55. The molecule has 1 aromatic rings. The van der Waals surface area contributed by atoms with Crippen molar-refractivity contribution in [2.75, 3.05) is 0 Å². The highest BCUT2D eigenvalue weighted by Gasteiger charge is 2.54. The van der Waals surface area contributed by atoms with Gasteiger partial charge in [0.2, 0.25) is 0 Å². The second kappa shape index (κ2) is 5.32. The van der Waals surface area contributed by atoms with E-state index in [1.165, 1.54) is 22.4 Å². The van der Waals surface area contributed by atoms with Crippen molar-refractivity contribution in [3.63, 3.8) is 0 Å². The highest BCUT2D eigenvalue weighted by atomic mass is 16.6. The van der Waals surface area contributed by atoms with Gasteiger partial charge in [-0.05, 0) is 36.8 Å². The molecular formula is C21H23N3O. The average molecular weight is 333 g/mol. The first-order chi connectivity index (χ1) is 12.2. The number of aliphatic imine (C=N–C) groups is 1. The summed E-state index contributed by atoms with van der Waals surface area (Å²) in [6.07, 6.45) is 8.82. The van der Waals surface area contributed by atoms with Gasteiger partial charge in [-0.25, -0.2) is 0 Å². The molecule has 0 saturated carbocycles. The van der Waals surface area contributed by atoms with E-state index >= 15 is 0 Å². The highest BCUT2D eigenvalue weighted by molar-refractivity contribution is 5.85. The topological polar surface area (TPSA) is 46.0 Å². The van der Waals surface area contributed by atoms with Gasteiger partial charge in [-0.3, -0.25) is 4.99 Å². The summed E-state index contributed by atoms with van der Waals surface area (Å²) >= 11 is 0. The van der Waals surface area contributed by atoms with Crippen molar-refractivity contribution in [1.82, 2.24) is 5.32 Å². The molecule has 0 bridgehead atoms. The molecule has 5 atom stereocenters. The van der Waals surface area contributed by atoms with Gasteiger partial charge in [0.1, 0.15) is 6.17 Å². The summed E-state index contributed by atoms with van der Waals surface area (Å²) < 4.78 is 0. The smallest absolute Gasteiger partial charge is 0.156 e. The van der Waals surface area contributed by atoms with Gasteiger partial charge in [0.15, 0.2) is 6.10 Å². The Morgan fingerprint density at radius 1 is 1.16 bits per heavy atom. The molecule has 2 unspecified atom stereocenters. The number of nitrogens with zero attached hydrogens (tertiary/aromatic N) is 2. The molecule has 0 amide bonds. The van der Waals surface area contributed by atoms with Crippen LogP contribution >= 0.6 is 0 Å². The first kappa shape index (κ1) is 14.9. The Morgan fingerprint density at radius 3 is 2.84 bits per heavy atom. The molecule has 0 spiro atoms. The van der Waals surface area contributed by atoms with Gasteiger partial charge in [-0.15, -0.1) is 0 Å². The number of benzene rings is 1. The molecule has 0 fully saturated rings. The van der Waals surface area contributed by atoms with E-state index in [1.807, 2.05) is 6.21 Å². The third kappa shape index (κ3) is 2.00. The van der Waals surface area contributed by atoms with Crippen molar-refractivity contribution in [2.24, 2.45) is 22.0 Å². The van der Waals surface area contributed by atoms with Crippen LogP contribution in [0.2, 0.25) is 0 Å². The Hall–Kier alpha value is -2.36. The Labute approximate surface area is 148 Å². The van der Waals surface area contributed by atoms with E-state index in [-0.39, 0.29) is 17.7 Å². The molecule has 1 N–H and O–H groups in total. The van der Waals surface area contributed by atoms with Crippen LogP contribution in [-0.4, -0.2) is 24.7 Å². The molecule has 1 aromatic carbocycles. The van der Waals surface area contributed by atoms with Crippen LogP contribution in [0.25, 0.3) is 0 Å². The van der Waals surface area contributed by atoms with Crippen molar-refractivity contribution in [3.8, 4) is 0 Å². The normalized spacial score (nSPS) is 38.2. The Kier molecular flexibility index (Phi) is 3.18. The van der Waals surface area contributed by atoms with Crippen molar-refractivity contribution in [2.45, 2.75) is 44.4 Å². The lowest BCUT2D eigenvalue weighted by molar-refractivity contribution is 0.0189. The quantitative estimate of drug-likeness (QED) is 0.854. The van der Waals surface area contributed by atoms with Crippen LogP contribution in [0.3, 0.4) is 0 Å². The monoisotopic (exact) mass is 333 g/mol. The van der Waals surface area contributed by atoms with Gasteiger partial charge in [0, 0.05) is 23.4 Å². The van der Waals surface area contributed by atoms with Crippen LogP contribution in [-0.2, 0) is 10.3 Å². The standard InChI is InChI=1S/C21H23N3O/c1-13-18-9-8-15-11-22-14(2)24-20(15)21(18,17-6-4-3-5-7-17)10-16-12-23-25-19(13)16/h3-7,10-14,18-19,24H,8-9H2,1-2H3/t13-,14?,18-,19?,21-/m0/s1. The van der Waals surface area contributed by atoms with Gasteiger partial charge in [0.25, 0.3) is 0 Å². The number of allylic oxidation sites excluding steroid dienone is 2. The van der Waals surface area contributed by atoms with Crippen molar-refractivity contribution < 1.29 is 4.84 Å². The van der Waals surface area contributed by atoms with Crippen LogP contribution in [0.4, 0.5) is 0 Å². The molecule has 2 aliphatic carbocycles. The molecule has 0 saturated heterocycles. The summed E-state index contributed by atoms with van der Waals surface area (Å²) in [5.74, 6) is 0.892. The number of fused-ring (bicyclic) bond motifs is 3. The number of hydrogen-bond donors (Lipinski definition) is 1. The zero-order chi connectivity index (χ0) is 17.0. The minimum absolute atomic E-state index is 0.0960. The lowest BCUT2D eigenvalue weighted by Crippen LogP contribution is -2.53. The Morgan fingerprint density at radius 2 is 2.00 bits per heavy atom. The minimum atomic E-state index is -0.152. The summed E-state index contributed by atoms with van der Waals surface area (Å²) in [6.45, 7) is 4.44. The molecular weight excluding hydrogens is 310 g/mol. The number of hydrogen-bond acceptors (Lipinski definition) is 4. The van der Waals surface area contributed by atoms with Crippen LogP contribution in [0.5, 0.6) is 0 Å². The number of nitrogens with one attached hydrogen (secondary N) is 1. The van der Waals surface area contributed by atoms with Crippen LogP contribution in [0.15, 0.2) is 63.4 Å². The van der Waals surface area contributed by atoms with Crippen molar-refractivity contribution in [1.29, 1.82) is 0 Å². The van der Waals surface area contributed by atoms with Gasteiger partial charge >= 0.3 is 0 Å². The molecule has 4 aliphatic rings. The summed E-state index contributed by atoms with van der Waals surface area (Å²) in [7, 11) is 0. The first-order valence-electron chi connectivity index (χ1n) is 9.21. The molecule has 128 valence electrons. The van der Waals surface area contributed by atoms with Crippen molar-refractivity contribution in [3.05, 3.63) is 58.8 Å². The molecule has 5 rings (SSSR count). The van der Waals surface area contributed by atoms with E-state index in [9.17, 15) is 0 Å². The van der Waals surface area contributed by atoms with Crippen LogP contribution in [0, 0.1) is 11.8 Å². The van der Waals surface area contributed by atoms with E-state index in [0.29, 0.717) is 11.8 Å². The summed E-state index contributed by atoms with van der Waals surface area (Å²) in [5, 5.41) is 7.83. The fourth-order valence-electron chi connectivity index (χ4n) is 5.20. The van der Waals surface area contributed by atoms with Gasteiger partial charge in [-0.1, -0.05) is 48.5 Å². The maximum absolute atomic E-state index is 5.69. The van der Waals surface area contributed by atoms with E-state index in [1.54, 1.807) is 0 Å². The summed E-state index contributed by atoms with van der Waals surface area (Å²) in [4.78, 5) is 10.3. The fraction of sp³-hybridized carbons (Fsp3) is 0.429. The average Bonchev–Trinajstić information content (AvgIpc) is 3.11. The predicted molar refractivity (Wildman–Crippen MR) is 99.6 cm³/mol. The molecule has 4 nitrogen and oxygen atoms in total. The molecule has 0 aromatic heterocycles. The second-order valence-electron chi connectivity index (χ2n) is 7.64. The maximum atomic E-state index is 5.69. The predicted octanol–water partition coefficient (Wildman–Crippen LogP) is 3.57. The number of rotatable bonds is 1. The van der Waals surface area contributed by atoms with E-state index in [0.717, 1.165) is 12.8 Å². The lowest BCUT2D eigenvalue weighted by atomic mass is 9.54. The zero-order valence-corrected chi connectivity index (χ0v) is 14.6. The Bertz CT molecular complexity index is 823. The SMILES string of the molecule is CC1N=CC2=C(N1)[C@]1(c3ccccc3)C=C3C=NOC3[C@@H](C)[C@@H]1CC2. The third-order valence-electron chi connectivity index (χ3n) is 6.31. The molecule has 25 heavy (non-hydrogen) atoms. The third-order valence-corrected chi connectivity index (χ3v) is 6.31. The maximum Gasteiger partial charge on any atom is 0.156 e. The van der Waals surface area contributed by atoms with Gasteiger partial charge < -0.3 is 10.2 Å². The largest absolute Gasteiger partial charge is 0.387 e. The molecule has 2 aliphatic heterocycles. The zero-order valence-electron chi connectivity index (χ0n) is 14.6. The summed E-state index contributed by atoms with van der Waals surface area (Å²) in [6, 6.07) is 10.9. The second-order valence-corrected chi connectivity index (χ2v) is 7.64. The lowest BCUT2D eigenvalue weighted by Gasteiger charge is -2.52. The van der Waals surface area contributed by atoms with Gasteiger partial charge in [0.05, 0.1) is 11.6 Å². The van der Waals surface area contributed by atoms with Crippen molar-refractivity contribution >= 4 is 12.4 Å². The molecule has 4 heteroatoms. The first-order valence-corrected chi connectivity index (χ1v) is 9.21. The fourth-order valence-corrected chi connectivity index (χ4v) is 5.20. The van der Waals surface area contributed by atoms with Gasteiger partial charge in [-0.2, -0.15) is 0 Å². The molecule has 2 heterocycles. The summed E-state index contributed by atoms with van der Waals surface area (Å²) in [5.41, 5.74) is 5.08. The van der Waals surface area contributed by atoms with Crippen LogP contribution < -0.4 is 5.32 Å². The van der Waals surface area contributed by atoms with E-state index in [2.05, 4.69) is 71.9 Å². The minimum Gasteiger partial charge on any atom is -0.387 e. The van der Waals surface area contributed by atoms with E-state index < -0.39 is 0 Å². The molecule has 0 radical (unpaired) electrons.